The van der Waals surface area contributed by atoms with Crippen LogP contribution in [0.25, 0.3) is 0 Å². The fraction of sp³-hybridized carbons (Fsp3) is 0.765. The summed E-state index contributed by atoms with van der Waals surface area (Å²) in [6.07, 6.45) is 0.613. The van der Waals surface area contributed by atoms with Crippen LogP contribution in [0.2, 0.25) is 0 Å². The molecule has 95 heavy (non-hydrogen) atoms. The van der Waals surface area contributed by atoms with Crippen LogP contribution >= 0.6 is 0 Å². The summed E-state index contributed by atoms with van der Waals surface area (Å²) in [7, 11) is 11.2. The molecule has 2 heterocycles. The summed E-state index contributed by atoms with van der Waals surface area (Å²) in [6.45, 7) is 30.6. The number of amides is 12. The minimum Gasteiger partial charge on any atom is -0.444 e. The van der Waals surface area contributed by atoms with Gasteiger partial charge in [-0.2, -0.15) is 0 Å². The third-order valence-electron chi connectivity index (χ3n) is 17.9. The van der Waals surface area contributed by atoms with E-state index in [1.807, 2.05) is 41.5 Å². The molecular formula is C68H118N12O15. The zero-order chi connectivity index (χ0) is 73.1. The second kappa shape index (κ2) is 38.0. The van der Waals surface area contributed by atoms with Crippen molar-refractivity contribution in [3.63, 3.8) is 0 Å². The van der Waals surface area contributed by atoms with Gasteiger partial charge in [-0.15, -0.1) is 6.58 Å². The Morgan fingerprint density at radius 1 is 0.579 bits per heavy atom. The minimum atomic E-state index is -1.71. The van der Waals surface area contributed by atoms with Gasteiger partial charge < -0.3 is 75.0 Å². The fourth-order valence-electron chi connectivity index (χ4n) is 12.1. The first-order valence-electron chi connectivity index (χ1n) is 33.6. The normalized spacial score (nSPS) is 27.6. The lowest BCUT2D eigenvalue weighted by atomic mass is 9.91. The number of nitrogens with one attached hydrogen (secondary N) is 4. The number of allylic oxidation sites excluding steroid dienone is 2. The molecule has 0 aromatic heterocycles. The van der Waals surface area contributed by atoms with Crippen LogP contribution in [0.5, 0.6) is 0 Å². The number of fused-ring (bicyclic) bond motifs is 1. The van der Waals surface area contributed by atoms with E-state index < -0.39 is 174 Å². The van der Waals surface area contributed by atoms with Crippen molar-refractivity contribution in [2.75, 3.05) is 69.5 Å². The van der Waals surface area contributed by atoms with Gasteiger partial charge in [-0.3, -0.25) is 52.7 Å². The Labute approximate surface area is 565 Å². The van der Waals surface area contributed by atoms with E-state index in [-0.39, 0.29) is 69.4 Å². The monoisotopic (exact) mass is 1340 g/mol. The molecule has 2 aliphatic heterocycles. The van der Waals surface area contributed by atoms with Gasteiger partial charge in [0.2, 0.25) is 65.0 Å². The van der Waals surface area contributed by atoms with Crippen molar-refractivity contribution in [3.8, 4) is 0 Å². The number of ether oxygens (including phenoxy) is 2. The van der Waals surface area contributed by atoms with Crippen LogP contribution in [0, 0.1) is 35.5 Å². The maximum absolute atomic E-state index is 15.4. The number of aliphatic hydroxyl groups is 1. The molecule has 12 amide bonds. The van der Waals surface area contributed by atoms with Gasteiger partial charge in [0.1, 0.15) is 72.6 Å². The maximum Gasteiger partial charge on any atom is 0.409 e. The molecule has 15 atom stereocenters. The molecule has 0 bridgehead atoms. The summed E-state index contributed by atoms with van der Waals surface area (Å²) in [5, 5.41) is 23.3. The molecule has 0 radical (unpaired) electrons. The van der Waals surface area contributed by atoms with E-state index in [0.29, 0.717) is 0 Å². The van der Waals surface area contributed by atoms with Gasteiger partial charge in [0, 0.05) is 62.8 Å². The minimum absolute atomic E-state index is 0.0842. The molecule has 0 aliphatic carbocycles. The van der Waals surface area contributed by atoms with Crippen LogP contribution in [0.3, 0.4) is 0 Å². The van der Waals surface area contributed by atoms with Gasteiger partial charge in [0.05, 0.1) is 25.4 Å². The predicted molar refractivity (Wildman–Crippen MR) is 361 cm³/mol. The molecule has 5 N–H and O–H groups in total. The topological polar surface area (TPSA) is 318 Å². The second-order valence-corrected chi connectivity index (χ2v) is 28.1. The fourth-order valence-corrected chi connectivity index (χ4v) is 12.1. The van der Waals surface area contributed by atoms with Gasteiger partial charge in [-0.05, 0) is 95.3 Å². The van der Waals surface area contributed by atoms with Crippen LogP contribution in [-0.2, 0) is 62.2 Å². The summed E-state index contributed by atoms with van der Waals surface area (Å²) in [5.74, 6) is -10.9. The molecule has 0 aromatic carbocycles. The standard InChI is InChI=1S/C68H118N12O15/c1-26-29-30-42(14)56(81)55-60(85)71-47(28-3)62(87)80-36-46(95-68(93)73(18)19)35-51(80)65(90)78(24)54(45(17)94-31-27-2)59(84)72-52(40(10)11)66(91)74(20)48(32-37(4)5)58(83)69-43(15)57(82)70-44(16)61(86)75(21)49(33-38(6)7)63(88)76(22)50(34-39(8)9)64(89)77(23)53(41(12)13)67(92)79(55)25/h26-27,29,37-56,81H,2,28,30-36H2,1,3-25H3,(H,69,83)(H,70,82)(H,71,85)(H,72,84)/b29-26+/t42-,43+,44-,45-,46?,47+,48+,49+,50+,51-,52+,53+,54?,55+,56-/m1/s1. The van der Waals surface area contributed by atoms with Crippen LogP contribution in [0.4, 0.5) is 4.79 Å². The van der Waals surface area contributed by atoms with Crippen molar-refractivity contribution in [2.24, 2.45) is 35.5 Å². The Morgan fingerprint density at radius 3 is 1.54 bits per heavy atom. The molecule has 2 unspecified atom stereocenters. The maximum atomic E-state index is 15.4. The highest BCUT2D eigenvalue weighted by atomic mass is 16.6. The average molecular weight is 1340 g/mol. The molecule has 0 saturated carbocycles. The molecule has 2 aliphatic rings. The van der Waals surface area contributed by atoms with Crippen LogP contribution in [0.15, 0.2) is 24.8 Å². The van der Waals surface area contributed by atoms with Crippen LogP contribution in [-0.4, -0.2) is 270 Å². The summed E-state index contributed by atoms with van der Waals surface area (Å²) < 4.78 is 11.8. The van der Waals surface area contributed by atoms with Gasteiger partial charge in [-0.1, -0.05) is 101 Å². The van der Waals surface area contributed by atoms with E-state index >= 15 is 33.6 Å². The summed E-state index contributed by atoms with van der Waals surface area (Å²) in [5.41, 5.74) is 0. The van der Waals surface area contributed by atoms with Crippen molar-refractivity contribution < 1.29 is 72.1 Å². The number of carbonyl (C=O) groups is 12. The Morgan fingerprint density at radius 2 is 1.05 bits per heavy atom. The SMILES string of the molecule is C=CCO[C@H](C)C1C(=O)N[C@@H](C(C)C)C(=O)N(C)[C@@H](CC(C)C)C(=O)N[C@@H](C)C(=O)N[C@H](C)C(=O)N(C)[C@@H](CC(C)C)C(=O)N(C)[C@@H](CC(C)C)C(=O)N(C)[C@@H](C(C)C)C(=O)N(C)[C@@H]([C@H](O)[C@H](C)C/C=C/C)C(=O)N[C@@H](CC)C(=O)N2CC(OC(=O)N(C)C)C[C@@H]2C(=O)N1C. The van der Waals surface area contributed by atoms with E-state index in [4.69, 9.17) is 9.47 Å². The number of carbonyl (C=O) groups excluding carboxylic acids is 12. The molecule has 0 spiro atoms. The van der Waals surface area contributed by atoms with Gasteiger partial charge in [0.25, 0.3) is 0 Å². The van der Waals surface area contributed by atoms with Crippen molar-refractivity contribution >= 4 is 71.1 Å². The van der Waals surface area contributed by atoms with E-state index in [2.05, 4.69) is 27.8 Å². The van der Waals surface area contributed by atoms with Crippen molar-refractivity contribution in [2.45, 2.75) is 234 Å². The number of aliphatic hydroxyl groups excluding tert-OH is 1. The van der Waals surface area contributed by atoms with Crippen LogP contribution in [0.1, 0.15) is 149 Å². The molecule has 0 aromatic rings. The van der Waals surface area contributed by atoms with Gasteiger partial charge in [0.15, 0.2) is 0 Å². The number of nitrogens with zero attached hydrogens (tertiary/aromatic N) is 8. The number of hydrogen-bond acceptors (Lipinski definition) is 15. The second-order valence-electron chi connectivity index (χ2n) is 28.1. The van der Waals surface area contributed by atoms with Gasteiger partial charge >= 0.3 is 6.09 Å². The first-order chi connectivity index (χ1) is 44.1. The lowest BCUT2D eigenvalue weighted by Gasteiger charge is -2.41. The highest BCUT2D eigenvalue weighted by molar-refractivity contribution is 6.00. The quantitative estimate of drug-likeness (QED) is 0.123. The first kappa shape index (κ1) is 83.9. The van der Waals surface area contributed by atoms with Crippen molar-refractivity contribution in [1.82, 2.24) is 60.5 Å². The molecule has 2 fully saturated rings. The highest BCUT2D eigenvalue weighted by Crippen LogP contribution is 2.29. The zero-order valence-electron chi connectivity index (χ0n) is 61.4. The molecule has 2 saturated heterocycles. The molecule has 2 rings (SSSR count). The Bertz CT molecular complexity index is 2700. The lowest BCUT2D eigenvalue weighted by Crippen LogP contribution is -2.64. The van der Waals surface area contributed by atoms with E-state index in [9.17, 15) is 29.1 Å². The third kappa shape index (κ3) is 22.5. The van der Waals surface area contributed by atoms with Crippen LogP contribution < -0.4 is 21.3 Å². The Balaban J connectivity index is 3.17. The molecule has 27 nitrogen and oxygen atoms in total. The smallest absolute Gasteiger partial charge is 0.409 e. The largest absolute Gasteiger partial charge is 0.444 e. The predicted octanol–water partition coefficient (Wildman–Crippen LogP) is 3.02. The average Bonchev–Trinajstić information content (AvgIpc) is 1.74. The summed E-state index contributed by atoms with van der Waals surface area (Å²) >= 11 is 0. The Kier molecular flexibility index (Phi) is 33.5. The Hall–Kier alpha value is -7.16. The molecule has 540 valence electrons. The van der Waals surface area contributed by atoms with E-state index in [1.54, 1.807) is 60.6 Å². The third-order valence-corrected chi connectivity index (χ3v) is 17.9. The highest BCUT2D eigenvalue weighted by Gasteiger charge is 2.50. The lowest BCUT2D eigenvalue weighted by molar-refractivity contribution is -0.157. The summed E-state index contributed by atoms with van der Waals surface area (Å²) in [4.78, 5) is 187. The molecular weight excluding hydrogens is 1220 g/mol. The first-order valence-corrected chi connectivity index (χ1v) is 33.6. The van der Waals surface area contributed by atoms with E-state index in [1.165, 1.54) is 103 Å². The number of hydrogen-bond donors (Lipinski definition) is 5. The summed E-state index contributed by atoms with van der Waals surface area (Å²) in [6, 6.07) is -14.9. The van der Waals surface area contributed by atoms with Gasteiger partial charge in [-0.25, -0.2) is 4.79 Å². The number of likely N-dealkylation sites (N-methyl/N-ethyl adjacent to an activating group) is 6. The van der Waals surface area contributed by atoms with Crippen molar-refractivity contribution in [1.29, 1.82) is 0 Å². The zero-order valence-corrected chi connectivity index (χ0v) is 61.4. The van der Waals surface area contributed by atoms with Crippen molar-refractivity contribution in [3.05, 3.63) is 24.8 Å². The molecule has 27 heteroatoms. The van der Waals surface area contributed by atoms with E-state index in [0.717, 1.165) is 19.6 Å². The number of rotatable bonds is 18.